The van der Waals surface area contributed by atoms with Crippen molar-refractivity contribution in [3.63, 3.8) is 0 Å². The number of carbonyl (C=O) groups excluding carboxylic acids is 1. The van der Waals surface area contributed by atoms with Crippen molar-refractivity contribution in [3.8, 4) is 11.8 Å². The number of hydrogen-bond acceptors (Lipinski definition) is 3. The molecule has 0 bridgehead atoms. The first-order chi connectivity index (χ1) is 7.54. The van der Waals surface area contributed by atoms with Crippen LogP contribution < -0.4 is 5.32 Å². The van der Waals surface area contributed by atoms with E-state index in [0.29, 0.717) is 11.5 Å². The largest absolute Gasteiger partial charge is 0.478 e. The van der Waals surface area contributed by atoms with Crippen LogP contribution in [0.5, 0.6) is 0 Å². The van der Waals surface area contributed by atoms with Gasteiger partial charge in [-0.25, -0.2) is 4.79 Å². The van der Waals surface area contributed by atoms with Gasteiger partial charge in [0.25, 0.3) is 5.91 Å². The van der Waals surface area contributed by atoms with E-state index in [-0.39, 0.29) is 12.1 Å². The summed E-state index contributed by atoms with van der Waals surface area (Å²) in [6.07, 6.45) is 0. The van der Waals surface area contributed by atoms with Crippen molar-refractivity contribution in [3.05, 3.63) is 23.2 Å². The third-order valence-corrected chi connectivity index (χ3v) is 1.86. The van der Waals surface area contributed by atoms with Crippen molar-refractivity contribution in [2.24, 2.45) is 0 Å². The number of nitrogens with one attached hydrogen (secondary N) is 1. The molecule has 0 atom stereocenters. The van der Waals surface area contributed by atoms with Gasteiger partial charge in [0.2, 0.25) is 0 Å². The Morgan fingerprint density at radius 3 is 2.75 bits per heavy atom. The highest BCUT2D eigenvalue weighted by molar-refractivity contribution is 5.93. The van der Waals surface area contributed by atoms with Crippen LogP contribution in [0.25, 0.3) is 0 Å². The van der Waals surface area contributed by atoms with Crippen LogP contribution in [0.15, 0.2) is 10.5 Å². The molecule has 1 aromatic heterocycles. The Kier molecular flexibility index (Phi) is 3.72. The summed E-state index contributed by atoms with van der Waals surface area (Å²) in [5, 5.41) is 11.3. The second kappa shape index (κ2) is 5.03. The molecule has 0 aromatic carbocycles. The molecule has 1 amide bonds. The molecule has 1 aromatic rings. The lowest BCUT2D eigenvalue weighted by atomic mass is 10.2. The van der Waals surface area contributed by atoms with E-state index in [9.17, 15) is 9.59 Å². The average Bonchev–Trinajstić information content (AvgIpc) is 2.57. The predicted octanol–water partition coefficient (Wildman–Crippen LogP) is 0.926. The zero-order chi connectivity index (χ0) is 12.1. The summed E-state index contributed by atoms with van der Waals surface area (Å²) in [6.45, 7) is 3.24. The Hall–Kier alpha value is -2.22. The van der Waals surface area contributed by atoms with Crippen LogP contribution in [0.4, 0.5) is 0 Å². The summed E-state index contributed by atoms with van der Waals surface area (Å²) >= 11 is 0. The standard InChI is InChI=1S/C11H11NO4/c1-3-4-10(13)12-6-8-5-9(11(14)15)7(2)16-8/h5H,6H2,1-2H3,(H,12,13)(H,14,15). The number of amides is 1. The summed E-state index contributed by atoms with van der Waals surface area (Å²) in [6, 6.07) is 1.39. The Morgan fingerprint density at radius 1 is 1.56 bits per heavy atom. The number of carboxylic acids is 1. The molecule has 0 aliphatic rings. The van der Waals surface area contributed by atoms with Gasteiger partial charge in [0, 0.05) is 0 Å². The second-order valence-corrected chi connectivity index (χ2v) is 3.05. The van der Waals surface area contributed by atoms with Gasteiger partial charge in [-0.2, -0.15) is 0 Å². The molecule has 0 spiro atoms. The van der Waals surface area contributed by atoms with Gasteiger partial charge in [0.05, 0.1) is 6.54 Å². The summed E-state index contributed by atoms with van der Waals surface area (Å²) in [4.78, 5) is 21.7. The molecule has 0 radical (unpaired) electrons. The van der Waals surface area contributed by atoms with E-state index < -0.39 is 11.9 Å². The fourth-order valence-corrected chi connectivity index (χ4v) is 1.17. The summed E-state index contributed by atoms with van der Waals surface area (Å²) in [7, 11) is 0. The smallest absolute Gasteiger partial charge is 0.339 e. The summed E-state index contributed by atoms with van der Waals surface area (Å²) in [5.74, 6) is 3.99. The Labute approximate surface area is 92.4 Å². The van der Waals surface area contributed by atoms with E-state index in [1.54, 1.807) is 13.8 Å². The second-order valence-electron chi connectivity index (χ2n) is 3.05. The SMILES string of the molecule is CC#CC(=O)NCc1cc(C(=O)O)c(C)o1. The first kappa shape index (κ1) is 11.9. The summed E-state index contributed by atoms with van der Waals surface area (Å²) < 4.78 is 5.16. The van der Waals surface area contributed by atoms with Crippen LogP contribution in [-0.2, 0) is 11.3 Å². The number of rotatable bonds is 3. The maximum Gasteiger partial charge on any atom is 0.339 e. The lowest BCUT2D eigenvalue weighted by Crippen LogP contribution is -2.20. The first-order valence-corrected chi connectivity index (χ1v) is 4.57. The number of carboxylic acid groups (broad SMARTS) is 1. The number of furan rings is 1. The molecule has 2 N–H and O–H groups in total. The molecule has 0 unspecified atom stereocenters. The molecule has 1 heterocycles. The Morgan fingerprint density at radius 2 is 2.25 bits per heavy atom. The highest BCUT2D eigenvalue weighted by Crippen LogP contribution is 2.14. The van der Waals surface area contributed by atoms with E-state index in [0.717, 1.165) is 0 Å². The highest BCUT2D eigenvalue weighted by Gasteiger charge is 2.13. The Bertz CT molecular complexity index is 476. The van der Waals surface area contributed by atoms with Gasteiger partial charge in [-0.15, -0.1) is 0 Å². The maximum atomic E-state index is 11.0. The lowest BCUT2D eigenvalue weighted by Gasteiger charge is -1.95. The van der Waals surface area contributed by atoms with E-state index >= 15 is 0 Å². The van der Waals surface area contributed by atoms with Crippen LogP contribution in [0, 0.1) is 18.8 Å². The van der Waals surface area contributed by atoms with Crippen LogP contribution in [0.3, 0.4) is 0 Å². The third-order valence-electron chi connectivity index (χ3n) is 1.86. The van der Waals surface area contributed by atoms with Crippen molar-refractivity contribution >= 4 is 11.9 Å². The minimum absolute atomic E-state index is 0.103. The number of aryl methyl sites for hydroxylation is 1. The monoisotopic (exact) mass is 221 g/mol. The normalized spacial score (nSPS) is 9.12. The predicted molar refractivity (Wildman–Crippen MR) is 55.7 cm³/mol. The molecule has 5 heteroatoms. The summed E-state index contributed by atoms with van der Waals surface area (Å²) in [5.41, 5.74) is 0.103. The first-order valence-electron chi connectivity index (χ1n) is 4.57. The van der Waals surface area contributed by atoms with Crippen molar-refractivity contribution < 1.29 is 19.1 Å². The quantitative estimate of drug-likeness (QED) is 0.744. The molecule has 16 heavy (non-hydrogen) atoms. The maximum absolute atomic E-state index is 11.0. The molecular weight excluding hydrogens is 210 g/mol. The number of carbonyl (C=O) groups is 2. The van der Waals surface area contributed by atoms with Crippen molar-refractivity contribution in [1.82, 2.24) is 5.32 Å². The lowest BCUT2D eigenvalue weighted by molar-refractivity contribution is -0.115. The Balaban J connectivity index is 2.68. The molecule has 0 saturated carbocycles. The van der Waals surface area contributed by atoms with Gasteiger partial charge in [-0.3, -0.25) is 4.79 Å². The minimum atomic E-state index is -1.05. The molecular formula is C11H11NO4. The molecule has 0 aliphatic heterocycles. The fraction of sp³-hybridized carbons (Fsp3) is 0.273. The van der Waals surface area contributed by atoms with E-state index in [2.05, 4.69) is 17.2 Å². The van der Waals surface area contributed by atoms with Gasteiger partial charge >= 0.3 is 5.97 Å². The third kappa shape index (κ3) is 2.89. The van der Waals surface area contributed by atoms with Crippen LogP contribution in [0.2, 0.25) is 0 Å². The zero-order valence-corrected chi connectivity index (χ0v) is 8.96. The van der Waals surface area contributed by atoms with Gasteiger partial charge < -0.3 is 14.8 Å². The molecule has 84 valence electrons. The molecule has 0 fully saturated rings. The minimum Gasteiger partial charge on any atom is -0.478 e. The van der Waals surface area contributed by atoms with Gasteiger partial charge in [-0.1, -0.05) is 5.92 Å². The number of hydrogen-bond donors (Lipinski definition) is 2. The molecule has 0 saturated heterocycles. The van der Waals surface area contributed by atoms with E-state index in [1.807, 2.05) is 0 Å². The van der Waals surface area contributed by atoms with Gasteiger partial charge in [-0.05, 0) is 25.8 Å². The molecule has 1 rings (SSSR count). The van der Waals surface area contributed by atoms with Crippen molar-refractivity contribution in [2.45, 2.75) is 20.4 Å². The van der Waals surface area contributed by atoms with E-state index in [4.69, 9.17) is 9.52 Å². The molecule has 0 aliphatic carbocycles. The van der Waals surface area contributed by atoms with Gasteiger partial charge in [0.1, 0.15) is 17.1 Å². The van der Waals surface area contributed by atoms with Crippen LogP contribution in [0.1, 0.15) is 28.8 Å². The highest BCUT2D eigenvalue weighted by atomic mass is 16.4. The van der Waals surface area contributed by atoms with Gasteiger partial charge in [0.15, 0.2) is 0 Å². The van der Waals surface area contributed by atoms with Crippen molar-refractivity contribution in [1.29, 1.82) is 0 Å². The average molecular weight is 221 g/mol. The number of aromatic carboxylic acids is 1. The van der Waals surface area contributed by atoms with Crippen LogP contribution in [-0.4, -0.2) is 17.0 Å². The fourth-order valence-electron chi connectivity index (χ4n) is 1.17. The van der Waals surface area contributed by atoms with Crippen molar-refractivity contribution in [2.75, 3.05) is 0 Å². The topological polar surface area (TPSA) is 79.5 Å². The van der Waals surface area contributed by atoms with E-state index in [1.165, 1.54) is 6.07 Å². The zero-order valence-electron chi connectivity index (χ0n) is 8.96. The molecule has 5 nitrogen and oxygen atoms in total. The van der Waals surface area contributed by atoms with Crippen LogP contribution >= 0.6 is 0 Å².